The molecule has 0 saturated heterocycles. The standard InChI is InChI=1S/C27H24N8O/c1-2-3-9-22-18-35(25-12-7-4-8-19(25)15-28)27(36)34(22)17-21-14-13-20(16-29-21)23-10-5-6-11-24(23)26-30-32-33-31-26/h4-8,10-14,16,18H,2-3,9,17H2,1H3,(H,30,31,32,33). The molecule has 0 amide bonds. The zero-order valence-electron chi connectivity index (χ0n) is 19.8. The number of nitrogens with one attached hydrogen (secondary N) is 1. The Kier molecular flexibility index (Phi) is 6.49. The molecule has 0 aliphatic heterocycles. The quantitative estimate of drug-likeness (QED) is 0.360. The first-order chi connectivity index (χ1) is 17.7. The van der Waals surface area contributed by atoms with Gasteiger partial charge in [-0.3, -0.25) is 14.1 Å². The van der Waals surface area contributed by atoms with E-state index in [0.717, 1.165) is 47.3 Å². The van der Waals surface area contributed by atoms with Crippen molar-refractivity contribution < 1.29 is 0 Å². The van der Waals surface area contributed by atoms with Gasteiger partial charge >= 0.3 is 5.69 Å². The summed E-state index contributed by atoms with van der Waals surface area (Å²) >= 11 is 0. The van der Waals surface area contributed by atoms with E-state index in [1.54, 1.807) is 33.5 Å². The third-order valence-corrected chi connectivity index (χ3v) is 6.12. The van der Waals surface area contributed by atoms with E-state index in [0.29, 0.717) is 23.6 Å². The van der Waals surface area contributed by atoms with Crippen molar-refractivity contribution in [3.63, 3.8) is 0 Å². The van der Waals surface area contributed by atoms with Crippen LogP contribution in [0, 0.1) is 11.3 Å². The van der Waals surface area contributed by atoms with Crippen LogP contribution >= 0.6 is 0 Å². The number of aromatic nitrogens is 7. The molecule has 9 nitrogen and oxygen atoms in total. The molecule has 0 spiro atoms. The highest BCUT2D eigenvalue weighted by Gasteiger charge is 2.16. The summed E-state index contributed by atoms with van der Waals surface area (Å²) in [5, 5.41) is 23.7. The minimum absolute atomic E-state index is 0.183. The first kappa shape index (κ1) is 22.9. The van der Waals surface area contributed by atoms with Crippen molar-refractivity contribution in [1.29, 1.82) is 5.26 Å². The van der Waals surface area contributed by atoms with Gasteiger partial charge in [0.2, 0.25) is 0 Å². The number of nitriles is 1. The number of hydrogen-bond donors (Lipinski definition) is 1. The number of aryl methyl sites for hydroxylation is 1. The summed E-state index contributed by atoms with van der Waals surface area (Å²) in [4.78, 5) is 18.1. The topological polar surface area (TPSA) is 118 Å². The van der Waals surface area contributed by atoms with Crippen LogP contribution in [-0.2, 0) is 13.0 Å². The van der Waals surface area contributed by atoms with Crippen LogP contribution in [0.2, 0.25) is 0 Å². The van der Waals surface area contributed by atoms with E-state index in [4.69, 9.17) is 0 Å². The molecule has 3 aromatic heterocycles. The van der Waals surface area contributed by atoms with Crippen LogP contribution < -0.4 is 5.69 Å². The molecule has 0 fully saturated rings. The van der Waals surface area contributed by atoms with Gasteiger partial charge in [0.05, 0.1) is 23.5 Å². The van der Waals surface area contributed by atoms with Crippen LogP contribution in [0.15, 0.2) is 77.9 Å². The van der Waals surface area contributed by atoms with Crippen LogP contribution in [0.5, 0.6) is 0 Å². The highest BCUT2D eigenvalue weighted by molar-refractivity contribution is 5.79. The lowest BCUT2D eigenvalue weighted by Crippen LogP contribution is -2.25. The Bertz CT molecular complexity index is 1570. The lowest BCUT2D eigenvalue weighted by molar-refractivity contribution is 0.664. The lowest BCUT2D eigenvalue weighted by Gasteiger charge is -2.09. The van der Waals surface area contributed by atoms with Crippen molar-refractivity contribution in [1.82, 2.24) is 34.7 Å². The number of unbranched alkanes of at least 4 members (excludes halogenated alkanes) is 1. The monoisotopic (exact) mass is 476 g/mol. The molecule has 0 unspecified atom stereocenters. The second-order valence-corrected chi connectivity index (χ2v) is 8.43. The van der Waals surface area contributed by atoms with Crippen LogP contribution in [0.4, 0.5) is 0 Å². The first-order valence-corrected chi connectivity index (χ1v) is 11.8. The minimum atomic E-state index is -0.183. The Balaban J connectivity index is 1.49. The zero-order chi connectivity index (χ0) is 24.9. The van der Waals surface area contributed by atoms with E-state index in [1.165, 1.54) is 0 Å². The van der Waals surface area contributed by atoms with E-state index in [9.17, 15) is 10.1 Å². The zero-order valence-corrected chi connectivity index (χ0v) is 19.8. The van der Waals surface area contributed by atoms with Gasteiger partial charge in [-0.1, -0.05) is 55.8 Å². The van der Waals surface area contributed by atoms with Crippen molar-refractivity contribution >= 4 is 0 Å². The van der Waals surface area contributed by atoms with Crippen LogP contribution in [0.25, 0.3) is 28.2 Å². The van der Waals surface area contributed by atoms with Crippen LogP contribution in [-0.4, -0.2) is 34.7 Å². The summed E-state index contributed by atoms with van der Waals surface area (Å²) in [7, 11) is 0. The molecule has 0 radical (unpaired) electrons. The van der Waals surface area contributed by atoms with Gasteiger partial charge in [-0.15, -0.1) is 5.10 Å². The summed E-state index contributed by atoms with van der Waals surface area (Å²) in [6.45, 7) is 2.46. The highest BCUT2D eigenvalue weighted by Crippen LogP contribution is 2.29. The van der Waals surface area contributed by atoms with E-state index in [-0.39, 0.29) is 5.69 Å². The van der Waals surface area contributed by atoms with Crippen LogP contribution in [0.3, 0.4) is 0 Å². The van der Waals surface area contributed by atoms with Crippen molar-refractivity contribution in [3.8, 4) is 34.3 Å². The lowest BCUT2D eigenvalue weighted by atomic mass is 10.0. The molecule has 36 heavy (non-hydrogen) atoms. The number of pyridine rings is 1. The maximum absolute atomic E-state index is 13.5. The van der Waals surface area contributed by atoms with Gasteiger partial charge < -0.3 is 0 Å². The fourth-order valence-corrected chi connectivity index (χ4v) is 4.26. The molecule has 2 aromatic carbocycles. The number of hydrogen-bond acceptors (Lipinski definition) is 6. The summed E-state index contributed by atoms with van der Waals surface area (Å²) in [6, 6.07) is 21.1. The number of imidazole rings is 1. The summed E-state index contributed by atoms with van der Waals surface area (Å²) in [5.41, 5.74) is 5.30. The fraction of sp³-hybridized carbons (Fsp3) is 0.185. The van der Waals surface area contributed by atoms with Gasteiger partial charge in [-0.05, 0) is 47.0 Å². The van der Waals surface area contributed by atoms with Crippen molar-refractivity contribution in [3.05, 3.63) is 100 Å². The van der Waals surface area contributed by atoms with Crippen molar-refractivity contribution in [2.75, 3.05) is 0 Å². The number of H-pyrrole nitrogens is 1. The molecule has 1 N–H and O–H groups in total. The maximum atomic E-state index is 13.5. The minimum Gasteiger partial charge on any atom is -0.290 e. The Labute approximate surface area is 207 Å². The highest BCUT2D eigenvalue weighted by atomic mass is 16.1. The summed E-state index contributed by atoms with van der Waals surface area (Å²) in [5.74, 6) is 0.584. The molecule has 0 bridgehead atoms. The number of nitrogens with zero attached hydrogens (tertiary/aromatic N) is 7. The van der Waals surface area contributed by atoms with Crippen molar-refractivity contribution in [2.45, 2.75) is 32.7 Å². The molecular weight excluding hydrogens is 452 g/mol. The van der Waals surface area contributed by atoms with Gasteiger partial charge in [-0.25, -0.2) is 9.89 Å². The average molecular weight is 477 g/mol. The molecule has 5 rings (SSSR count). The predicted molar refractivity (Wildman–Crippen MR) is 135 cm³/mol. The largest absolute Gasteiger partial charge is 0.333 e. The molecule has 178 valence electrons. The molecule has 0 aliphatic rings. The number of aromatic amines is 1. The van der Waals surface area contributed by atoms with E-state index in [2.05, 4.69) is 38.6 Å². The third kappa shape index (κ3) is 4.44. The Morgan fingerprint density at radius 2 is 1.83 bits per heavy atom. The van der Waals surface area contributed by atoms with Crippen molar-refractivity contribution in [2.24, 2.45) is 0 Å². The smallest absolute Gasteiger partial charge is 0.290 e. The SMILES string of the molecule is CCCCc1cn(-c2ccccc2C#N)c(=O)n1Cc1ccc(-c2ccccc2-c2nnn[nH]2)cn1. The molecule has 0 aliphatic carbocycles. The average Bonchev–Trinajstić information content (AvgIpc) is 3.57. The first-order valence-electron chi connectivity index (χ1n) is 11.8. The second kappa shape index (κ2) is 10.2. The number of tetrazole rings is 1. The molecule has 5 aromatic rings. The molecular formula is C27H24N8O. The normalized spacial score (nSPS) is 10.9. The Morgan fingerprint density at radius 3 is 2.56 bits per heavy atom. The molecule has 0 atom stereocenters. The molecule has 9 heteroatoms. The summed E-state index contributed by atoms with van der Waals surface area (Å²) < 4.78 is 3.32. The molecule has 0 saturated carbocycles. The summed E-state index contributed by atoms with van der Waals surface area (Å²) in [6.07, 6.45) is 6.40. The third-order valence-electron chi connectivity index (χ3n) is 6.12. The van der Waals surface area contributed by atoms with Gasteiger partial charge in [0.1, 0.15) is 6.07 Å². The van der Waals surface area contributed by atoms with E-state index < -0.39 is 0 Å². The number of para-hydroxylation sites is 1. The van der Waals surface area contributed by atoms with Gasteiger partial charge in [0.15, 0.2) is 5.82 Å². The molecule has 3 heterocycles. The number of rotatable bonds is 8. The van der Waals surface area contributed by atoms with E-state index >= 15 is 0 Å². The maximum Gasteiger partial charge on any atom is 0.333 e. The van der Waals surface area contributed by atoms with E-state index in [1.807, 2.05) is 48.7 Å². The van der Waals surface area contributed by atoms with Crippen LogP contribution in [0.1, 0.15) is 36.7 Å². The fourth-order valence-electron chi connectivity index (χ4n) is 4.26. The Hall–Kier alpha value is -4.84. The Morgan fingerprint density at radius 1 is 1.03 bits per heavy atom. The predicted octanol–water partition coefficient (Wildman–Crippen LogP) is 4.14. The second-order valence-electron chi connectivity index (χ2n) is 8.43. The van der Waals surface area contributed by atoms with Gasteiger partial charge in [0, 0.05) is 29.2 Å². The van der Waals surface area contributed by atoms with Gasteiger partial charge in [-0.2, -0.15) is 5.26 Å². The van der Waals surface area contributed by atoms with Gasteiger partial charge in [0.25, 0.3) is 0 Å². The number of benzene rings is 2.